The van der Waals surface area contributed by atoms with Crippen molar-refractivity contribution in [1.82, 2.24) is 5.32 Å². The zero-order valence-electron chi connectivity index (χ0n) is 12.7. The maximum Gasteiger partial charge on any atom is 0.161 e. The van der Waals surface area contributed by atoms with Crippen molar-refractivity contribution >= 4 is 0 Å². The molecule has 1 aromatic carbocycles. The number of halogens is 3. The lowest BCUT2D eigenvalue weighted by molar-refractivity contribution is 0.306. The van der Waals surface area contributed by atoms with E-state index in [4.69, 9.17) is 0 Å². The Hall–Kier alpha value is -1.03. The van der Waals surface area contributed by atoms with Crippen LogP contribution in [0.1, 0.15) is 39.7 Å². The lowest BCUT2D eigenvalue weighted by Crippen LogP contribution is -2.32. The van der Waals surface area contributed by atoms with Crippen LogP contribution in [0.2, 0.25) is 0 Å². The molecule has 0 bridgehead atoms. The lowest BCUT2D eigenvalue weighted by atomic mass is 9.86. The Morgan fingerprint density at radius 3 is 2.25 bits per heavy atom. The minimum atomic E-state index is -1.14. The average Bonchev–Trinajstić information content (AvgIpc) is 2.31. The average molecular weight is 287 g/mol. The summed E-state index contributed by atoms with van der Waals surface area (Å²) < 4.78 is 39.5. The second kappa shape index (κ2) is 7.11. The zero-order valence-corrected chi connectivity index (χ0v) is 12.7. The van der Waals surface area contributed by atoms with Crippen molar-refractivity contribution in [2.45, 2.75) is 40.5 Å². The van der Waals surface area contributed by atoms with Crippen LogP contribution in [0.5, 0.6) is 0 Å². The first-order chi connectivity index (χ1) is 9.21. The van der Waals surface area contributed by atoms with Gasteiger partial charge < -0.3 is 5.32 Å². The highest BCUT2D eigenvalue weighted by Gasteiger charge is 2.19. The molecule has 0 fully saturated rings. The van der Waals surface area contributed by atoms with Gasteiger partial charge in [-0.25, -0.2) is 13.2 Å². The highest BCUT2D eigenvalue weighted by Crippen LogP contribution is 2.24. The molecular formula is C16H24F3N. The summed E-state index contributed by atoms with van der Waals surface area (Å²) in [5, 5.41) is 3.37. The lowest BCUT2D eigenvalue weighted by Gasteiger charge is -2.25. The van der Waals surface area contributed by atoms with Crippen molar-refractivity contribution in [3.05, 3.63) is 35.1 Å². The predicted molar refractivity (Wildman–Crippen MR) is 76.1 cm³/mol. The Morgan fingerprint density at radius 1 is 1.05 bits per heavy atom. The van der Waals surface area contributed by atoms with E-state index < -0.39 is 17.5 Å². The predicted octanol–water partition coefficient (Wildman–Crippen LogP) is 4.31. The van der Waals surface area contributed by atoms with E-state index in [1.54, 1.807) is 0 Å². The van der Waals surface area contributed by atoms with Crippen LogP contribution in [0, 0.1) is 28.8 Å². The van der Waals surface area contributed by atoms with Crippen molar-refractivity contribution in [2.75, 3.05) is 13.1 Å². The van der Waals surface area contributed by atoms with Crippen molar-refractivity contribution in [3.63, 3.8) is 0 Å². The van der Waals surface area contributed by atoms with Crippen LogP contribution in [0.15, 0.2) is 12.1 Å². The van der Waals surface area contributed by atoms with Crippen LogP contribution in [-0.2, 0) is 6.42 Å². The Kier molecular flexibility index (Phi) is 6.06. The zero-order chi connectivity index (χ0) is 15.3. The number of rotatable bonds is 7. The Labute approximate surface area is 119 Å². The number of nitrogens with one attached hydrogen (secondary N) is 1. The van der Waals surface area contributed by atoms with Gasteiger partial charge in [-0.05, 0) is 42.3 Å². The maximum absolute atomic E-state index is 13.5. The van der Waals surface area contributed by atoms with Crippen molar-refractivity contribution < 1.29 is 13.2 Å². The van der Waals surface area contributed by atoms with E-state index in [-0.39, 0.29) is 11.0 Å². The molecule has 0 saturated carbocycles. The van der Waals surface area contributed by atoms with E-state index >= 15 is 0 Å². The number of hydrogen-bond donors (Lipinski definition) is 1. The van der Waals surface area contributed by atoms with Crippen molar-refractivity contribution in [2.24, 2.45) is 11.3 Å². The number of aryl methyl sites for hydroxylation is 1. The van der Waals surface area contributed by atoms with Gasteiger partial charge in [0.2, 0.25) is 0 Å². The molecule has 0 atom stereocenters. The van der Waals surface area contributed by atoms with Gasteiger partial charge in [0.25, 0.3) is 0 Å². The molecule has 0 aliphatic rings. The summed E-state index contributed by atoms with van der Waals surface area (Å²) in [4.78, 5) is 0. The second-order valence-electron chi connectivity index (χ2n) is 6.55. The molecule has 0 aliphatic carbocycles. The molecule has 0 aromatic heterocycles. The van der Waals surface area contributed by atoms with Gasteiger partial charge in [-0.3, -0.25) is 0 Å². The van der Waals surface area contributed by atoms with Crippen LogP contribution in [0.3, 0.4) is 0 Å². The van der Waals surface area contributed by atoms with Gasteiger partial charge in [-0.2, -0.15) is 0 Å². The minimum Gasteiger partial charge on any atom is -0.316 e. The van der Waals surface area contributed by atoms with Gasteiger partial charge in [-0.15, -0.1) is 0 Å². The highest BCUT2D eigenvalue weighted by molar-refractivity contribution is 5.20. The molecule has 1 N–H and O–H groups in total. The molecule has 1 nitrogen and oxygen atoms in total. The Morgan fingerprint density at radius 2 is 1.65 bits per heavy atom. The quantitative estimate of drug-likeness (QED) is 0.737. The van der Waals surface area contributed by atoms with Crippen LogP contribution in [0.25, 0.3) is 0 Å². The van der Waals surface area contributed by atoms with Gasteiger partial charge >= 0.3 is 0 Å². The first-order valence-corrected chi connectivity index (χ1v) is 7.05. The molecule has 0 radical (unpaired) electrons. The third-order valence-corrected chi connectivity index (χ3v) is 3.32. The summed E-state index contributed by atoms with van der Waals surface area (Å²) in [6.45, 7) is 10.2. The SMILES string of the molecule is CC(C)CNCC(C)(C)CCc1cc(F)c(F)cc1F. The van der Waals surface area contributed by atoms with E-state index in [0.29, 0.717) is 24.8 Å². The molecule has 0 aliphatic heterocycles. The van der Waals surface area contributed by atoms with Gasteiger partial charge in [-0.1, -0.05) is 27.7 Å². The van der Waals surface area contributed by atoms with Crippen LogP contribution < -0.4 is 5.32 Å². The first kappa shape index (κ1) is 17.0. The number of hydrogen-bond acceptors (Lipinski definition) is 1. The van der Waals surface area contributed by atoms with Gasteiger partial charge in [0.15, 0.2) is 11.6 Å². The summed E-state index contributed by atoms with van der Waals surface area (Å²) in [5.74, 6) is -2.22. The monoisotopic (exact) mass is 287 g/mol. The van der Waals surface area contributed by atoms with E-state index in [1.807, 2.05) is 0 Å². The van der Waals surface area contributed by atoms with E-state index in [2.05, 4.69) is 33.0 Å². The molecule has 0 unspecified atom stereocenters. The topological polar surface area (TPSA) is 12.0 Å². The second-order valence-corrected chi connectivity index (χ2v) is 6.55. The normalized spacial score (nSPS) is 12.2. The molecular weight excluding hydrogens is 263 g/mol. The Bertz CT molecular complexity index is 442. The molecule has 0 saturated heterocycles. The molecule has 20 heavy (non-hydrogen) atoms. The summed E-state index contributed by atoms with van der Waals surface area (Å²) >= 11 is 0. The third kappa shape index (κ3) is 5.53. The standard InChI is InChI=1S/C16H24F3N/c1-11(2)9-20-10-16(3,4)6-5-12-7-14(18)15(19)8-13(12)17/h7-8,11,20H,5-6,9-10H2,1-4H3. The molecule has 1 rings (SSSR count). The van der Waals surface area contributed by atoms with E-state index in [0.717, 1.165) is 19.2 Å². The fraction of sp³-hybridized carbons (Fsp3) is 0.625. The fourth-order valence-corrected chi connectivity index (χ4v) is 2.02. The van der Waals surface area contributed by atoms with Crippen molar-refractivity contribution in [1.29, 1.82) is 0 Å². The number of benzene rings is 1. The van der Waals surface area contributed by atoms with Crippen LogP contribution in [0.4, 0.5) is 13.2 Å². The van der Waals surface area contributed by atoms with Crippen molar-refractivity contribution in [3.8, 4) is 0 Å². The van der Waals surface area contributed by atoms with Gasteiger partial charge in [0.1, 0.15) is 5.82 Å². The molecule has 1 aromatic rings. The smallest absolute Gasteiger partial charge is 0.161 e. The molecule has 0 amide bonds. The van der Waals surface area contributed by atoms with E-state index in [9.17, 15) is 13.2 Å². The van der Waals surface area contributed by atoms with Crippen LogP contribution in [-0.4, -0.2) is 13.1 Å². The molecule has 114 valence electrons. The maximum atomic E-state index is 13.5. The summed E-state index contributed by atoms with van der Waals surface area (Å²) in [5.41, 5.74) is 0.215. The minimum absolute atomic E-state index is 0.0216. The summed E-state index contributed by atoms with van der Waals surface area (Å²) in [6, 6.07) is 1.58. The third-order valence-electron chi connectivity index (χ3n) is 3.32. The highest BCUT2D eigenvalue weighted by atomic mass is 19.2. The van der Waals surface area contributed by atoms with Gasteiger partial charge in [0, 0.05) is 12.6 Å². The first-order valence-electron chi connectivity index (χ1n) is 7.05. The van der Waals surface area contributed by atoms with Gasteiger partial charge in [0.05, 0.1) is 0 Å². The van der Waals surface area contributed by atoms with E-state index in [1.165, 1.54) is 0 Å². The largest absolute Gasteiger partial charge is 0.316 e. The molecule has 0 spiro atoms. The molecule has 4 heteroatoms. The summed E-state index contributed by atoms with van der Waals surface area (Å²) in [6.07, 6.45) is 1.11. The van der Waals surface area contributed by atoms with Crippen LogP contribution >= 0.6 is 0 Å². The Balaban J connectivity index is 2.55. The fourth-order valence-electron chi connectivity index (χ4n) is 2.02. The molecule has 0 heterocycles. The summed E-state index contributed by atoms with van der Waals surface area (Å²) in [7, 11) is 0.